The fourth-order valence-electron chi connectivity index (χ4n) is 1.72. The van der Waals surface area contributed by atoms with Gasteiger partial charge in [-0.1, -0.05) is 15.9 Å². The lowest BCUT2D eigenvalue weighted by Crippen LogP contribution is -1.96. The van der Waals surface area contributed by atoms with Gasteiger partial charge in [0.05, 0.1) is 18.7 Å². The van der Waals surface area contributed by atoms with E-state index in [1.54, 1.807) is 0 Å². The Labute approximate surface area is 128 Å². The molecule has 0 heterocycles. The lowest BCUT2D eigenvalue weighted by atomic mass is 10.2. The minimum Gasteiger partial charge on any atom is -0.497 e. The molecule has 0 saturated heterocycles. The number of nitrogens with zero attached hydrogens (tertiary/aromatic N) is 1. The number of hydrogen-bond donors (Lipinski definition) is 0. The number of benzene rings is 2. The van der Waals surface area contributed by atoms with Gasteiger partial charge in [0.2, 0.25) is 0 Å². The van der Waals surface area contributed by atoms with E-state index in [0.29, 0.717) is 16.6 Å². The molecule has 3 nitrogen and oxygen atoms in total. The van der Waals surface area contributed by atoms with Crippen LogP contribution in [-0.2, 0) is 5.33 Å². The molecule has 0 saturated carbocycles. The molecule has 0 aromatic heterocycles. The van der Waals surface area contributed by atoms with Crippen LogP contribution in [0.3, 0.4) is 0 Å². The minimum atomic E-state index is -0.814. The van der Waals surface area contributed by atoms with Gasteiger partial charge in [-0.05, 0) is 29.8 Å². The van der Waals surface area contributed by atoms with E-state index in [2.05, 4.69) is 15.9 Å². The van der Waals surface area contributed by atoms with Gasteiger partial charge in [-0.3, -0.25) is 0 Å². The molecule has 0 amide bonds. The summed E-state index contributed by atoms with van der Waals surface area (Å²) < 4.78 is 38.0. The molecule has 0 N–H and O–H groups in total. The quantitative estimate of drug-likeness (QED) is 0.758. The number of rotatable bonds is 4. The zero-order valence-electron chi connectivity index (χ0n) is 11.0. The molecular weight excluding hydrogens is 344 g/mol. The standard InChI is InChI=1S/C15H10BrF2NO2/c1-20-11-2-10(8-19)3-12(6-11)21-15-13(17)4-9(7-16)5-14(15)18/h2-6H,7H2,1H3. The van der Waals surface area contributed by atoms with E-state index < -0.39 is 17.4 Å². The Bertz CT molecular complexity index is 690. The van der Waals surface area contributed by atoms with Gasteiger partial charge in [-0.15, -0.1) is 0 Å². The number of methoxy groups -OCH3 is 1. The average Bonchev–Trinajstić information content (AvgIpc) is 2.50. The molecule has 21 heavy (non-hydrogen) atoms. The van der Waals surface area contributed by atoms with E-state index in [4.69, 9.17) is 14.7 Å². The summed E-state index contributed by atoms with van der Waals surface area (Å²) in [6.07, 6.45) is 0. The summed E-state index contributed by atoms with van der Waals surface area (Å²) >= 11 is 3.13. The number of nitriles is 1. The van der Waals surface area contributed by atoms with Crippen LogP contribution in [0.15, 0.2) is 30.3 Å². The van der Waals surface area contributed by atoms with E-state index >= 15 is 0 Å². The van der Waals surface area contributed by atoms with E-state index in [1.807, 2.05) is 6.07 Å². The Morgan fingerprint density at radius 3 is 2.24 bits per heavy atom. The topological polar surface area (TPSA) is 42.2 Å². The summed E-state index contributed by atoms with van der Waals surface area (Å²) in [5.41, 5.74) is 0.725. The predicted octanol–water partition coefficient (Wildman–Crippen LogP) is 4.53. The Kier molecular flexibility index (Phi) is 4.76. The van der Waals surface area contributed by atoms with Gasteiger partial charge in [-0.25, -0.2) is 8.78 Å². The molecule has 0 unspecified atom stereocenters. The first-order valence-electron chi connectivity index (χ1n) is 5.88. The van der Waals surface area contributed by atoms with Crippen molar-refractivity contribution >= 4 is 15.9 Å². The normalized spacial score (nSPS) is 10.0. The highest BCUT2D eigenvalue weighted by atomic mass is 79.9. The third-order valence-electron chi connectivity index (χ3n) is 2.68. The van der Waals surface area contributed by atoms with Gasteiger partial charge >= 0.3 is 0 Å². The van der Waals surface area contributed by atoms with Crippen molar-refractivity contribution in [2.75, 3.05) is 7.11 Å². The summed E-state index contributed by atoms with van der Waals surface area (Å²) in [6, 6.07) is 8.59. The summed E-state index contributed by atoms with van der Waals surface area (Å²) in [5, 5.41) is 9.24. The van der Waals surface area contributed by atoms with Crippen LogP contribution >= 0.6 is 15.9 Å². The number of halogens is 3. The second-order valence-electron chi connectivity index (χ2n) is 4.13. The molecule has 2 aromatic carbocycles. The monoisotopic (exact) mass is 353 g/mol. The SMILES string of the molecule is COc1cc(C#N)cc(Oc2c(F)cc(CBr)cc2F)c1. The molecule has 0 spiro atoms. The van der Waals surface area contributed by atoms with Crippen molar-refractivity contribution in [3.8, 4) is 23.3 Å². The molecule has 6 heteroatoms. The zero-order chi connectivity index (χ0) is 15.4. The summed E-state index contributed by atoms with van der Waals surface area (Å²) in [6.45, 7) is 0. The first-order valence-corrected chi connectivity index (χ1v) is 7.00. The van der Waals surface area contributed by atoms with Crippen LogP contribution in [0.4, 0.5) is 8.78 Å². The Morgan fingerprint density at radius 2 is 1.71 bits per heavy atom. The molecule has 0 radical (unpaired) electrons. The van der Waals surface area contributed by atoms with Crippen molar-refractivity contribution in [2.45, 2.75) is 5.33 Å². The van der Waals surface area contributed by atoms with Crippen molar-refractivity contribution in [1.29, 1.82) is 5.26 Å². The average molecular weight is 354 g/mol. The van der Waals surface area contributed by atoms with Crippen LogP contribution in [0.1, 0.15) is 11.1 Å². The van der Waals surface area contributed by atoms with Gasteiger partial charge < -0.3 is 9.47 Å². The first-order chi connectivity index (χ1) is 10.1. The Morgan fingerprint density at radius 1 is 1.10 bits per heavy atom. The molecule has 0 aliphatic carbocycles. The van der Waals surface area contributed by atoms with Crippen LogP contribution in [-0.4, -0.2) is 7.11 Å². The molecule has 2 rings (SSSR count). The van der Waals surface area contributed by atoms with Crippen molar-refractivity contribution in [3.05, 3.63) is 53.1 Å². The minimum absolute atomic E-state index is 0.121. The number of ether oxygens (including phenoxy) is 2. The second kappa shape index (κ2) is 6.55. The fourth-order valence-corrected chi connectivity index (χ4v) is 2.04. The summed E-state index contributed by atoms with van der Waals surface area (Å²) in [4.78, 5) is 0. The van der Waals surface area contributed by atoms with Crippen molar-refractivity contribution in [3.63, 3.8) is 0 Å². The van der Waals surface area contributed by atoms with Gasteiger partial charge in [0.25, 0.3) is 0 Å². The molecule has 2 aromatic rings. The smallest absolute Gasteiger partial charge is 0.198 e. The highest BCUT2D eigenvalue weighted by Gasteiger charge is 2.14. The van der Waals surface area contributed by atoms with Crippen LogP contribution in [0.5, 0.6) is 17.2 Å². The maximum Gasteiger partial charge on any atom is 0.198 e. The Hall–Kier alpha value is -2.13. The molecule has 0 fully saturated rings. The Balaban J connectivity index is 2.41. The van der Waals surface area contributed by atoms with E-state index in [0.717, 1.165) is 0 Å². The molecular formula is C15H10BrF2NO2. The van der Waals surface area contributed by atoms with Crippen LogP contribution in [0.2, 0.25) is 0 Å². The molecule has 108 valence electrons. The maximum atomic E-state index is 13.9. The largest absolute Gasteiger partial charge is 0.497 e. The van der Waals surface area contributed by atoms with E-state index in [9.17, 15) is 8.78 Å². The predicted molar refractivity (Wildman–Crippen MR) is 76.8 cm³/mol. The lowest BCUT2D eigenvalue weighted by Gasteiger charge is -2.10. The first kappa shape index (κ1) is 15.3. The summed E-state index contributed by atoms with van der Waals surface area (Å²) in [7, 11) is 1.42. The van der Waals surface area contributed by atoms with Crippen molar-refractivity contribution in [1.82, 2.24) is 0 Å². The highest BCUT2D eigenvalue weighted by Crippen LogP contribution is 2.31. The van der Waals surface area contributed by atoms with Crippen LogP contribution in [0.25, 0.3) is 0 Å². The molecule has 0 aliphatic rings. The van der Waals surface area contributed by atoms with E-state index in [1.165, 1.54) is 37.4 Å². The number of alkyl halides is 1. The molecule has 0 aliphatic heterocycles. The maximum absolute atomic E-state index is 13.9. The lowest BCUT2D eigenvalue weighted by molar-refractivity contribution is 0.393. The molecule has 0 atom stereocenters. The zero-order valence-corrected chi connectivity index (χ0v) is 12.6. The van der Waals surface area contributed by atoms with Gasteiger partial charge in [0.15, 0.2) is 17.4 Å². The van der Waals surface area contributed by atoms with Crippen LogP contribution < -0.4 is 9.47 Å². The summed E-state index contributed by atoms with van der Waals surface area (Å²) in [5.74, 6) is -1.66. The second-order valence-corrected chi connectivity index (χ2v) is 4.69. The van der Waals surface area contributed by atoms with E-state index in [-0.39, 0.29) is 11.3 Å². The third-order valence-corrected chi connectivity index (χ3v) is 3.32. The highest BCUT2D eigenvalue weighted by molar-refractivity contribution is 9.08. The fraction of sp³-hybridized carbons (Fsp3) is 0.133. The number of hydrogen-bond acceptors (Lipinski definition) is 3. The van der Waals surface area contributed by atoms with Gasteiger partial charge in [0.1, 0.15) is 11.5 Å². The van der Waals surface area contributed by atoms with Crippen LogP contribution in [0, 0.1) is 23.0 Å². The molecule has 0 bridgehead atoms. The third kappa shape index (κ3) is 3.50. The van der Waals surface area contributed by atoms with Crippen molar-refractivity contribution < 1.29 is 18.3 Å². The van der Waals surface area contributed by atoms with Gasteiger partial charge in [-0.2, -0.15) is 5.26 Å². The van der Waals surface area contributed by atoms with Crippen molar-refractivity contribution in [2.24, 2.45) is 0 Å². The van der Waals surface area contributed by atoms with Gasteiger partial charge in [0, 0.05) is 11.4 Å².